The Hall–Kier alpha value is -1.59. The van der Waals surface area contributed by atoms with Gasteiger partial charge in [-0.2, -0.15) is 5.26 Å². The lowest BCUT2D eigenvalue weighted by Crippen LogP contribution is -2.37. The fourth-order valence-corrected chi connectivity index (χ4v) is 2.50. The third-order valence-corrected chi connectivity index (χ3v) is 3.73. The Bertz CT molecular complexity index is 366. The third-order valence-electron chi connectivity index (χ3n) is 3.73. The van der Waals surface area contributed by atoms with Crippen molar-refractivity contribution in [1.29, 1.82) is 5.26 Å². The summed E-state index contributed by atoms with van der Waals surface area (Å²) in [6.45, 7) is 8.46. The van der Waals surface area contributed by atoms with Crippen molar-refractivity contribution in [3.05, 3.63) is 12.2 Å². The molecule has 1 aliphatic carbocycles. The number of ether oxygens (including phenoxy) is 1. The maximum absolute atomic E-state index is 10.2. The lowest BCUT2D eigenvalue weighted by atomic mass is 9.71. The molecule has 4 nitrogen and oxygen atoms in total. The highest BCUT2D eigenvalue weighted by Gasteiger charge is 2.36. The van der Waals surface area contributed by atoms with E-state index in [1.807, 2.05) is 13.8 Å². The van der Waals surface area contributed by atoms with E-state index in [0.29, 0.717) is 12.5 Å². The van der Waals surface area contributed by atoms with Gasteiger partial charge in [-0.05, 0) is 37.5 Å². The quantitative estimate of drug-likeness (QED) is 0.325. The van der Waals surface area contributed by atoms with Crippen LogP contribution >= 0.6 is 0 Å². The van der Waals surface area contributed by atoms with Gasteiger partial charge in [0.25, 0.3) is 6.26 Å². The maximum Gasteiger partial charge on any atom is 0.286 e. The summed E-state index contributed by atoms with van der Waals surface area (Å²) in [5.41, 5.74) is 1.10. The zero-order valence-electron chi connectivity index (χ0n) is 10.3. The summed E-state index contributed by atoms with van der Waals surface area (Å²) in [6.07, 6.45) is 5.02. The molecule has 0 aromatic carbocycles. The number of isocyanates is 1. The van der Waals surface area contributed by atoms with Crippen LogP contribution in [0.1, 0.15) is 26.7 Å². The van der Waals surface area contributed by atoms with E-state index in [0.717, 1.165) is 18.4 Å². The van der Waals surface area contributed by atoms with Crippen molar-refractivity contribution >= 4 is 6.08 Å². The monoisotopic (exact) mass is 234 g/mol. The fraction of sp³-hybridized carbons (Fsp3) is 0.692. The first-order chi connectivity index (χ1) is 8.10. The zero-order chi connectivity index (χ0) is 12.8. The van der Waals surface area contributed by atoms with Crippen LogP contribution in [0, 0.1) is 29.3 Å². The minimum absolute atomic E-state index is 0.0951. The minimum Gasteiger partial charge on any atom is -0.424 e. The molecule has 0 spiro atoms. The second-order valence-electron chi connectivity index (χ2n) is 4.81. The molecule has 1 aliphatic rings. The van der Waals surface area contributed by atoms with Gasteiger partial charge in [0.15, 0.2) is 0 Å². The number of nitrogens with zero attached hydrogens (tertiary/aromatic N) is 2. The zero-order valence-corrected chi connectivity index (χ0v) is 10.3. The summed E-state index contributed by atoms with van der Waals surface area (Å²) in [6, 6.07) is 0. The van der Waals surface area contributed by atoms with Gasteiger partial charge in [-0.25, -0.2) is 9.79 Å². The van der Waals surface area contributed by atoms with Crippen LogP contribution in [-0.2, 0) is 9.53 Å². The van der Waals surface area contributed by atoms with Gasteiger partial charge in [0, 0.05) is 0 Å². The number of rotatable bonds is 4. The smallest absolute Gasteiger partial charge is 0.286 e. The lowest BCUT2D eigenvalue weighted by Gasteiger charge is -2.38. The topological polar surface area (TPSA) is 62.4 Å². The Morgan fingerprint density at radius 1 is 1.59 bits per heavy atom. The van der Waals surface area contributed by atoms with E-state index < -0.39 is 0 Å². The van der Waals surface area contributed by atoms with Crippen molar-refractivity contribution in [2.45, 2.75) is 32.8 Å². The summed E-state index contributed by atoms with van der Waals surface area (Å²) in [7, 11) is 0. The van der Waals surface area contributed by atoms with E-state index in [9.17, 15) is 4.79 Å². The molecule has 1 fully saturated rings. The van der Waals surface area contributed by atoms with Crippen molar-refractivity contribution in [3.8, 4) is 6.26 Å². The van der Waals surface area contributed by atoms with Crippen LogP contribution in [0.2, 0.25) is 0 Å². The van der Waals surface area contributed by atoms with Crippen molar-refractivity contribution in [1.82, 2.24) is 0 Å². The van der Waals surface area contributed by atoms with Crippen LogP contribution in [0.5, 0.6) is 0 Å². The molecule has 0 bridgehead atoms. The molecule has 0 aromatic rings. The van der Waals surface area contributed by atoms with Gasteiger partial charge in [0.1, 0.15) is 6.10 Å². The summed E-state index contributed by atoms with van der Waals surface area (Å²) < 4.78 is 5.11. The number of carbonyl (C=O) groups excluding carboxylic acids is 1. The first kappa shape index (κ1) is 13.5. The molecule has 17 heavy (non-hydrogen) atoms. The molecular formula is C13H18N2O2. The predicted molar refractivity (Wildman–Crippen MR) is 63.7 cm³/mol. The maximum atomic E-state index is 10.2. The van der Waals surface area contributed by atoms with Gasteiger partial charge in [-0.1, -0.05) is 19.1 Å². The van der Waals surface area contributed by atoms with Crippen molar-refractivity contribution in [2.75, 3.05) is 6.54 Å². The summed E-state index contributed by atoms with van der Waals surface area (Å²) >= 11 is 0. The second kappa shape index (κ2) is 6.22. The van der Waals surface area contributed by atoms with Gasteiger partial charge < -0.3 is 4.74 Å². The van der Waals surface area contributed by atoms with Crippen LogP contribution < -0.4 is 0 Å². The number of hydrogen-bond acceptors (Lipinski definition) is 4. The fourth-order valence-electron chi connectivity index (χ4n) is 2.50. The molecule has 0 N–H and O–H groups in total. The molecule has 0 heterocycles. The largest absolute Gasteiger partial charge is 0.424 e. The molecule has 4 unspecified atom stereocenters. The molecule has 0 saturated heterocycles. The molecule has 1 saturated carbocycles. The summed E-state index contributed by atoms with van der Waals surface area (Å²) in [4.78, 5) is 13.8. The number of allylic oxidation sites excluding steroid dienone is 1. The van der Waals surface area contributed by atoms with Crippen LogP contribution in [0.25, 0.3) is 0 Å². The van der Waals surface area contributed by atoms with Gasteiger partial charge in [0.05, 0.1) is 6.54 Å². The summed E-state index contributed by atoms with van der Waals surface area (Å²) in [5, 5.41) is 8.64. The summed E-state index contributed by atoms with van der Waals surface area (Å²) in [5.74, 6) is 0.823. The Kier molecular flexibility index (Phi) is 4.93. The number of hydrogen-bond donors (Lipinski definition) is 0. The SMILES string of the molecule is C=C(C)C1CC(CN=C=O)C(C)C(OC#N)C1. The van der Waals surface area contributed by atoms with Gasteiger partial charge in [-0.3, -0.25) is 0 Å². The molecule has 0 aliphatic heterocycles. The molecule has 0 radical (unpaired) electrons. The third kappa shape index (κ3) is 3.44. The Morgan fingerprint density at radius 2 is 2.29 bits per heavy atom. The Balaban J connectivity index is 2.78. The standard InChI is InChI=1S/C13H18N2O2/c1-9(2)11-4-12(6-15-8-16)10(3)13(5-11)17-7-14/h10-13H,1,4-6H2,2-3H3. The first-order valence-corrected chi connectivity index (χ1v) is 5.83. The average molecular weight is 234 g/mol. The molecule has 0 amide bonds. The van der Waals surface area contributed by atoms with Crippen LogP contribution in [0.4, 0.5) is 0 Å². The highest BCUT2D eigenvalue weighted by Crippen LogP contribution is 2.38. The van der Waals surface area contributed by atoms with Gasteiger partial charge >= 0.3 is 0 Å². The van der Waals surface area contributed by atoms with Crippen LogP contribution in [0.15, 0.2) is 17.1 Å². The van der Waals surface area contributed by atoms with Crippen LogP contribution in [0.3, 0.4) is 0 Å². The number of nitriles is 1. The lowest BCUT2D eigenvalue weighted by molar-refractivity contribution is 0.0231. The molecule has 0 aromatic heterocycles. The Morgan fingerprint density at radius 3 is 2.82 bits per heavy atom. The highest BCUT2D eigenvalue weighted by atomic mass is 16.5. The van der Waals surface area contributed by atoms with Crippen LogP contribution in [-0.4, -0.2) is 18.7 Å². The predicted octanol–water partition coefficient (Wildman–Crippen LogP) is 2.43. The molecule has 4 atom stereocenters. The van der Waals surface area contributed by atoms with E-state index >= 15 is 0 Å². The van der Waals surface area contributed by atoms with Gasteiger partial charge in [-0.15, -0.1) is 0 Å². The average Bonchev–Trinajstić information content (AvgIpc) is 2.30. The van der Waals surface area contributed by atoms with E-state index in [1.165, 1.54) is 0 Å². The molecule has 1 rings (SSSR count). The van der Waals surface area contributed by atoms with E-state index in [1.54, 1.807) is 12.3 Å². The normalized spacial score (nSPS) is 32.1. The Labute approximate surface area is 102 Å². The first-order valence-electron chi connectivity index (χ1n) is 5.83. The second-order valence-corrected chi connectivity index (χ2v) is 4.81. The van der Waals surface area contributed by atoms with E-state index in [2.05, 4.69) is 11.6 Å². The molecular weight excluding hydrogens is 216 g/mol. The number of aliphatic imine (C=N–C) groups is 1. The molecule has 92 valence electrons. The van der Waals surface area contributed by atoms with Crippen molar-refractivity contribution in [2.24, 2.45) is 22.7 Å². The van der Waals surface area contributed by atoms with Crippen molar-refractivity contribution < 1.29 is 9.53 Å². The molecule has 4 heteroatoms. The minimum atomic E-state index is -0.0951. The van der Waals surface area contributed by atoms with Crippen molar-refractivity contribution in [3.63, 3.8) is 0 Å². The van der Waals surface area contributed by atoms with Gasteiger partial charge in [0.2, 0.25) is 6.08 Å². The highest BCUT2D eigenvalue weighted by molar-refractivity contribution is 5.32. The van der Waals surface area contributed by atoms with E-state index in [-0.39, 0.29) is 17.9 Å². The van der Waals surface area contributed by atoms with E-state index in [4.69, 9.17) is 10.00 Å².